The number of rotatable bonds is 9. The zero-order valence-corrected chi connectivity index (χ0v) is 25.1. The van der Waals surface area contributed by atoms with Crippen LogP contribution in [0.25, 0.3) is 0 Å². The van der Waals surface area contributed by atoms with Gasteiger partial charge in [-0.05, 0) is 50.3 Å². The van der Waals surface area contributed by atoms with Crippen LogP contribution in [0.5, 0.6) is 0 Å². The lowest BCUT2D eigenvalue weighted by Crippen LogP contribution is -2.48. The SMILES string of the molecule is CC(=O)N1CCC(=C[C@H](CCC(=O)NC(c2ccccc2)(c2ccccc2)c2ccccc2)NC(=O)OC(C)(C)C)C1=O. The monoisotopic (exact) mass is 581 g/mol. The van der Waals surface area contributed by atoms with E-state index in [0.29, 0.717) is 12.0 Å². The molecule has 0 saturated carbocycles. The summed E-state index contributed by atoms with van der Waals surface area (Å²) >= 11 is 0. The van der Waals surface area contributed by atoms with Crippen molar-refractivity contribution >= 4 is 23.8 Å². The van der Waals surface area contributed by atoms with Crippen molar-refractivity contribution in [1.82, 2.24) is 15.5 Å². The number of benzene rings is 3. The van der Waals surface area contributed by atoms with E-state index < -0.39 is 23.3 Å². The van der Waals surface area contributed by atoms with Crippen molar-refractivity contribution in [2.45, 2.75) is 64.1 Å². The summed E-state index contributed by atoms with van der Waals surface area (Å²) in [6.45, 7) is 6.91. The Morgan fingerprint density at radius 3 is 1.77 bits per heavy atom. The molecule has 43 heavy (non-hydrogen) atoms. The van der Waals surface area contributed by atoms with Crippen LogP contribution in [0, 0.1) is 0 Å². The van der Waals surface area contributed by atoms with Gasteiger partial charge in [0.15, 0.2) is 0 Å². The predicted octanol–water partition coefficient (Wildman–Crippen LogP) is 5.47. The fourth-order valence-corrected chi connectivity index (χ4v) is 5.31. The molecule has 1 heterocycles. The third kappa shape index (κ3) is 7.77. The summed E-state index contributed by atoms with van der Waals surface area (Å²) in [5, 5.41) is 6.13. The second-order valence-electron chi connectivity index (χ2n) is 11.6. The van der Waals surface area contributed by atoms with Crippen LogP contribution in [0.2, 0.25) is 0 Å². The molecule has 1 aliphatic heterocycles. The first-order chi connectivity index (χ1) is 20.5. The summed E-state index contributed by atoms with van der Waals surface area (Å²) in [5.41, 5.74) is 1.40. The molecule has 2 N–H and O–H groups in total. The molecule has 0 aliphatic carbocycles. The highest BCUT2D eigenvalue weighted by atomic mass is 16.6. The Balaban J connectivity index is 1.63. The highest BCUT2D eigenvalue weighted by molar-refractivity contribution is 6.05. The minimum absolute atomic E-state index is 0.0448. The molecule has 0 aromatic heterocycles. The summed E-state index contributed by atoms with van der Waals surface area (Å²) in [5.74, 6) is -0.957. The van der Waals surface area contributed by atoms with E-state index in [9.17, 15) is 19.2 Å². The van der Waals surface area contributed by atoms with Crippen molar-refractivity contribution in [3.63, 3.8) is 0 Å². The van der Waals surface area contributed by atoms with E-state index in [-0.39, 0.29) is 37.1 Å². The molecule has 0 spiro atoms. The Hall–Kier alpha value is -4.72. The molecule has 8 nitrogen and oxygen atoms in total. The van der Waals surface area contributed by atoms with Gasteiger partial charge < -0.3 is 15.4 Å². The second kappa shape index (κ2) is 13.5. The molecule has 0 bridgehead atoms. The average Bonchev–Trinajstić information content (AvgIpc) is 3.35. The number of carbonyl (C=O) groups is 4. The smallest absolute Gasteiger partial charge is 0.408 e. The molecule has 4 amide bonds. The fraction of sp³-hybridized carbons (Fsp3) is 0.314. The van der Waals surface area contributed by atoms with E-state index >= 15 is 0 Å². The van der Waals surface area contributed by atoms with Crippen molar-refractivity contribution in [2.75, 3.05) is 6.54 Å². The fourth-order valence-electron chi connectivity index (χ4n) is 5.31. The van der Waals surface area contributed by atoms with Gasteiger partial charge in [-0.15, -0.1) is 0 Å². The molecule has 1 fully saturated rings. The number of ether oxygens (including phenoxy) is 1. The van der Waals surface area contributed by atoms with Gasteiger partial charge in [0.05, 0.1) is 6.04 Å². The number of amides is 4. The van der Waals surface area contributed by atoms with E-state index in [1.54, 1.807) is 26.8 Å². The first kappa shape index (κ1) is 31.2. The minimum atomic E-state index is -0.975. The van der Waals surface area contributed by atoms with Crippen LogP contribution in [0.1, 0.15) is 63.6 Å². The molecular formula is C35H39N3O5. The summed E-state index contributed by atoms with van der Waals surface area (Å²) in [6, 6.07) is 28.7. The van der Waals surface area contributed by atoms with Crippen LogP contribution in [0.15, 0.2) is 103 Å². The number of carbonyl (C=O) groups excluding carboxylic acids is 4. The number of hydrogen-bond acceptors (Lipinski definition) is 5. The van der Waals surface area contributed by atoms with E-state index in [1.165, 1.54) is 11.8 Å². The van der Waals surface area contributed by atoms with Crippen LogP contribution < -0.4 is 10.6 Å². The molecule has 3 aromatic carbocycles. The third-order valence-corrected chi connectivity index (χ3v) is 7.24. The summed E-state index contributed by atoms with van der Waals surface area (Å²) in [6.07, 6.45) is 1.60. The Bertz CT molecular complexity index is 1370. The maximum Gasteiger partial charge on any atom is 0.408 e. The van der Waals surface area contributed by atoms with Gasteiger partial charge in [0.1, 0.15) is 11.1 Å². The molecule has 8 heteroatoms. The lowest BCUT2D eigenvalue weighted by Gasteiger charge is -2.37. The average molecular weight is 582 g/mol. The third-order valence-electron chi connectivity index (χ3n) is 7.24. The van der Waals surface area contributed by atoms with Crippen molar-refractivity contribution in [3.05, 3.63) is 119 Å². The molecule has 1 atom stereocenters. The second-order valence-corrected chi connectivity index (χ2v) is 11.6. The minimum Gasteiger partial charge on any atom is -0.444 e. The van der Waals surface area contributed by atoms with Gasteiger partial charge in [0.2, 0.25) is 11.8 Å². The zero-order chi connectivity index (χ0) is 31.0. The lowest BCUT2D eigenvalue weighted by atomic mass is 9.77. The van der Waals surface area contributed by atoms with Gasteiger partial charge in [0, 0.05) is 25.5 Å². The molecule has 0 unspecified atom stereocenters. The van der Waals surface area contributed by atoms with Gasteiger partial charge in [0.25, 0.3) is 5.91 Å². The lowest BCUT2D eigenvalue weighted by molar-refractivity contribution is -0.139. The summed E-state index contributed by atoms with van der Waals surface area (Å²) in [7, 11) is 0. The Kier molecular flexibility index (Phi) is 9.80. The number of likely N-dealkylation sites (tertiary alicyclic amines) is 1. The number of imide groups is 1. The number of nitrogens with one attached hydrogen (secondary N) is 2. The topological polar surface area (TPSA) is 105 Å². The van der Waals surface area contributed by atoms with Gasteiger partial charge in [-0.1, -0.05) is 97.1 Å². The van der Waals surface area contributed by atoms with E-state index in [4.69, 9.17) is 4.74 Å². The van der Waals surface area contributed by atoms with Crippen LogP contribution >= 0.6 is 0 Å². The quantitative estimate of drug-likeness (QED) is 0.258. The summed E-state index contributed by atoms with van der Waals surface area (Å²) in [4.78, 5) is 52.4. The van der Waals surface area contributed by atoms with Crippen molar-refractivity contribution in [3.8, 4) is 0 Å². The molecule has 4 rings (SSSR count). The standard InChI is InChI=1S/C35H39N3O5/c1-25(39)38-23-22-26(32(38)41)24-30(36-33(42)43-34(2,3)4)20-21-31(40)37-35(27-14-8-5-9-15-27,28-16-10-6-11-17-28)29-18-12-7-13-19-29/h5-19,24,30H,20-23H2,1-4H3,(H,36,42)(H,37,40)/t30-/m0/s1. The molecule has 1 saturated heterocycles. The van der Waals surface area contributed by atoms with E-state index in [2.05, 4.69) is 10.6 Å². The van der Waals surface area contributed by atoms with Gasteiger partial charge in [-0.3, -0.25) is 19.3 Å². The van der Waals surface area contributed by atoms with Crippen LogP contribution in [-0.4, -0.2) is 46.9 Å². The largest absolute Gasteiger partial charge is 0.444 e. The molecule has 1 aliphatic rings. The van der Waals surface area contributed by atoms with Gasteiger partial charge in [-0.2, -0.15) is 0 Å². The zero-order valence-electron chi connectivity index (χ0n) is 25.1. The number of hydrogen-bond donors (Lipinski definition) is 2. The van der Waals surface area contributed by atoms with Gasteiger partial charge in [-0.25, -0.2) is 4.79 Å². The van der Waals surface area contributed by atoms with Gasteiger partial charge >= 0.3 is 6.09 Å². The van der Waals surface area contributed by atoms with Crippen LogP contribution in [-0.2, 0) is 24.7 Å². The Morgan fingerprint density at radius 1 is 0.860 bits per heavy atom. The van der Waals surface area contributed by atoms with E-state index in [0.717, 1.165) is 16.7 Å². The molecular weight excluding hydrogens is 542 g/mol. The Labute approximate surface area is 253 Å². The molecule has 3 aromatic rings. The van der Waals surface area contributed by atoms with Crippen LogP contribution in [0.3, 0.4) is 0 Å². The Morgan fingerprint density at radius 2 is 1.35 bits per heavy atom. The first-order valence-electron chi connectivity index (χ1n) is 14.5. The number of nitrogens with zero attached hydrogens (tertiary/aromatic N) is 1. The predicted molar refractivity (Wildman–Crippen MR) is 165 cm³/mol. The molecule has 224 valence electrons. The van der Waals surface area contributed by atoms with Crippen molar-refractivity contribution in [2.24, 2.45) is 0 Å². The first-order valence-corrected chi connectivity index (χ1v) is 14.5. The molecule has 0 radical (unpaired) electrons. The highest BCUT2D eigenvalue weighted by Gasteiger charge is 2.38. The van der Waals surface area contributed by atoms with Crippen LogP contribution in [0.4, 0.5) is 4.79 Å². The normalized spacial score (nSPS) is 15.2. The van der Waals surface area contributed by atoms with Crippen molar-refractivity contribution < 1.29 is 23.9 Å². The highest BCUT2D eigenvalue weighted by Crippen LogP contribution is 2.37. The van der Waals surface area contributed by atoms with Crippen molar-refractivity contribution in [1.29, 1.82) is 0 Å². The number of alkyl carbamates (subject to hydrolysis) is 1. The maximum absolute atomic E-state index is 13.8. The maximum atomic E-state index is 13.8. The van der Waals surface area contributed by atoms with E-state index in [1.807, 2.05) is 91.0 Å². The summed E-state index contributed by atoms with van der Waals surface area (Å²) < 4.78 is 5.45.